The van der Waals surface area contributed by atoms with E-state index in [9.17, 15) is 53.2 Å². The minimum Gasteiger partial charge on any atom is -0.341 e. The summed E-state index contributed by atoms with van der Waals surface area (Å²) in [5, 5.41) is 1.41. The Morgan fingerprint density at radius 3 is 1.35 bits per heavy atom. The molecule has 0 unspecified atom stereocenters. The Balaban J connectivity index is 0.000000297. The number of ketones is 2. The Kier molecular flexibility index (Phi) is 15.0. The van der Waals surface area contributed by atoms with Crippen molar-refractivity contribution in [1.29, 1.82) is 0 Å². The van der Waals surface area contributed by atoms with Crippen molar-refractivity contribution < 1.29 is 53.2 Å². The molecule has 0 heterocycles. The Labute approximate surface area is 324 Å². The number of hydrogen-bond donors (Lipinski definition) is 2. The van der Waals surface area contributed by atoms with E-state index in [1.807, 2.05) is 0 Å². The van der Waals surface area contributed by atoms with Crippen LogP contribution in [-0.4, -0.2) is 66.1 Å². The quantitative estimate of drug-likeness (QED) is 0.120. The number of carbonyl (C=O) groups excluding carboxylic acids is 3. The average Bonchev–Trinajstić information content (AvgIpc) is 3.08. The number of anilines is 2. The van der Waals surface area contributed by atoms with Gasteiger partial charge in [0.1, 0.15) is 11.6 Å². The largest absolute Gasteiger partial charge is 0.471 e. The fourth-order valence-electron chi connectivity index (χ4n) is 4.50. The Morgan fingerprint density at radius 1 is 0.667 bits per heavy atom. The highest BCUT2D eigenvalue weighted by Gasteiger charge is 2.38. The molecule has 0 aliphatic rings. The summed E-state index contributed by atoms with van der Waals surface area (Å²) in [6.07, 6.45) is -3.13. The van der Waals surface area contributed by atoms with E-state index in [0.717, 1.165) is 49.9 Å². The topological polar surface area (TPSA) is 164 Å². The number of Topliss-reactive ketones (excluding diaryl/α,β-unsaturated/α-hetero) is 2. The van der Waals surface area contributed by atoms with Crippen LogP contribution in [0.2, 0.25) is 0 Å². The molecule has 0 atom stereocenters. The molecule has 54 heavy (non-hydrogen) atoms. The van der Waals surface area contributed by atoms with Crippen molar-refractivity contribution in [2.75, 3.05) is 34.2 Å². The Morgan fingerprint density at radius 2 is 1.04 bits per heavy atom. The molecule has 0 saturated carbocycles. The number of nitrogens with two attached hydrogens (primary N) is 1. The number of halogens is 7. The van der Waals surface area contributed by atoms with E-state index in [2.05, 4.69) is 31.9 Å². The van der Waals surface area contributed by atoms with Gasteiger partial charge >= 0.3 is 12.1 Å². The first-order valence-electron chi connectivity index (χ1n) is 15.2. The SMILES string of the molecule is CS(=O)(=O)N(Cc1ccc(C(=O)CN)cc1F)c1ccc(Br)cc1.CS(=O)(=O)N(Cc1ccc(C(=O)CNC(=O)C(F)(F)F)cc1F)c1ccc(Br)cc1. The number of rotatable bonds is 13. The number of alkyl halides is 3. The molecule has 20 heteroatoms. The van der Waals surface area contributed by atoms with Crippen LogP contribution in [0.3, 0.4) is 0 Å². The fraction of sp³-hybridized carbons (Fsp3) is 0.206. The first-order chi connectivity index (χ1) is 25.0. The Hall–Kier alpha value is -4.24. The number of hydrogen-bond acceptors (Lipinski definition) is 8. The van der Waals surface area contributed by atoms with Crippen molar-refractivity contribution in [2.45, 2.75) is 19.3 Å². The van der Waals surface area contributed by atoms with Crippen LogP contribution in [0.4, 0.5) is 33.3 Å². The highest BCUT2D eigenvalue weighted by molar-refractivity contribution is 9.10. The van der Waals surface area contributed by atoms with Gasteiger partial charge < -0.3 is 11.1 Å². The molecule has 0 fully saturated rings. The first-order valence-corrected chi connectivity index (χ1v) is 20.4. The van der Waals surface area contributed by atoms with Gasteiger partial charge in [0.15, 0.2) is 11.6 Å². The van der Waals surface area contributed by atoms with Crippen LogP contribution in [0.5, 0.6) is 0 Å². The van der Waals surface area contributed by atoms with Crippen molar-refractivity contribution in [3.05, 3.63) is 128 Å². The summed E-state index contributed by atoms with van der Waals surface area (Å²) in [4.78, 5) is 34.2. The summed E-state index contributed by atoms with van der Waals surface area (Å²) in [6.45, 7) is -1.73. The predicted molar refractivity (Wildman–Crippen MR) is 200 cm³/mol. The van der Waals surface area contributed by atoms with Crippen LogP contribution in [-0.2, 0) is 37.9 Å². The predicted octanol–water partition coefficient (Wildman–Crippen LogP) is 6.11. The molecule has 4 aromatic rings. The molecule has 0 aliphatic heterocycles. The minimum absolute atomic E-state index is 0.0563. The zero-order valence-corrected chi connectivity index (χ0v) is 33.0. The number of benzene rings is 4. The maximum Gasteiger partial charge on any atom is 0.471 e. The van der Waals surface area contributed by atoms with E-state index in [-0.39, 0.29) is 53.4 Å². The molecule has 0 radical (unpaired) electrons. The number of nitrogens with one attached hydrogen (secondary N) is 1. The summed E-state index contributed by atoms with van der Waals surface area (Å²) < 4.78 is 117. The maximum absolute atomic E-state index is 14.5. The molecule has 290 valence electrons. The summed E-state index contributed by atoms with van der Waals surface area (Å²) >= 11 is 6.51. The van der Waals surface area contributed by atoms with Crippen LogP contribution >= 0.6 is 31.9 Å². The molecule has 0 aromatic heterocycles. The van der Waals surface area contributed by atoms with Gasteiger partial charge in [-0.15, -0.1) is 0 Å². The van der Waals surface area contributed by atoms with Gasteiger partial charge in [-0.3, -0.25) is 23.0 Å². The molecular formula is C34H31Br2F5N4O7S2. The number of sulfonamides is 2. The second-order valence-corrected chi connectivity index (χ2v) is 17.0. The molecule has 4 aromatic carbocycles. The number of nitrogens with zero attached hydrogens (tertiary/aromatic N) is 2. The summed E-state index contributed by atoms with van der Waals surface area (Å²) in [7, 11) is -7.39. The van der Waals surface area contributed by atoms with Crippen LogP contribution in [0, 0.1) is 11.6 Å². The van der Waals surface area contributed by atoms with Crippen molar-refractivity contribution in [3.63, 3.8) is 0 Å². The highest BCUT2D eigenvalue weighted by Crippen LogP contribution is 2.26. The van der Waals surface area contributed by atoms with Crippen molar-refractivity contribution in [1.82, 2.24) is 5.32 Å². The first kappa shape index (κ1) is 44.2. The van der Waals surface area contributed by atoms with Crippen LogP contribution in [0.25, 0.3) is 0 Å². The van der Waals surface area contributed by atoms with Gasteiger partial charge in [0.05, 0.1) is 50.1 Å². The van der Waals surface area contributed by atoms with Gasteiger partial charge in [-0.25, -0.2) is 25.6 Å². The fourth-order valence-corrected chi connectivity index (χ4v) is 6.79. The van der Waals surface area contributed by atoms with Gasteiger partial charge in [0.2, 0.25) is 20.0 Å². The van der Waals surface area contributed by atoms with E-state index in [1.54, 1.807) is 36.4 Å². The van der Waals surface area contributed by atoms with E-state index in [1.165, 1.54) is 29.6 Å². The number of amides is 1. The lowest BCUT2D eigenvalue weighted by Crippen LogP contribution is -2.39. The third-order valence-electron chi connectivity index (χ3n) is 7.26. The minimum atomic E-state index is -5.14. The van der Waals surface area contributed by atoms with E-state index < -0.39 is 56.1 Å². The van der Waals surface area contributed by atoms with Crippen molar-refractivity contribution in [3.8, 4) is 0 Å². The lowest BCUT2D eigenvalue weighted by Gasteiger charge is -2.23. The lowest BCUT2D eigenvalue weighted by atomic mass is 10.1. The molecule has 4 rings (SSSR count). The standard InChI is InChI=1S/C18H15BrF4N2O4S.C16H16BrFN2O3S/c1-30(28,29)25(14-6-4-13(19)5-7-14)10-12-3-2-11(8-15(12)20)16(26)9-24-17(27)18(21,22)23;1-24(22,23)20(14-6-4-13(17)5-7-14)10-12-3-2-11(8-15(12)18)16(21)9-19/h2-8H,9-10H2,1H3,(H,24,27);2-8H,9-10,19H2,1H3. The number of carbonyl (C=O) groups is 3. The normalized spacial score (nSPS) is 11.6. The smallest absolute Gasteiger partial charge is 0.341 e. The average molecular weight is 927 g/mol. The van der Waals surface area contributed by atoms with Crippen LogP contribution in [0.1, 0.15) is 31.8 Å². The summed E-state index contributed by atoms with van der Waals surface area (Å²) in [5.74, 6) is -5.18. The highest BCUT2D eigenvalue weighted by atomic mass is 79.9. The van der Waals surface area contributed by atoms with E-state index in [0.29, 0.717) is 10.2 Å². The van der Waals surface area contributed by atoms with Crippen molar-refractivity contribution >= 4 is 80.8 Å². The molecule has 0 saturated heterocycles. The summed E-state index contributed by atoms with van der Waals surface area (Å²) in [5.41, 5.74) is 5.96. The third-order valence-corrected chi connectivity index (χ3v) is 10.6. The van der Waals surface area contributed by atoms with E-state index >= 15 is 0 Å². The third kappa shape index (κ3) is 12.7. The van der Waals surface area contributed by atoms with Crippen molar-refractivity contribution in [2.24, 2.45) is 5.73 Å². The molecule has 11 nitrogen and oxygen atoms in total. The zero-order valence-electron chi connectivity index (χ0n) is 28.2. The molecule has 0 bridgehead atoms. The monoisotopic (exact) mass is 924 g/mol. The maximum atomic E-state index is 14.5. The molecule has 0 spiro atoms. The van der Waals surface area contributed by atoms with Gasteiger partial charge in [-0.2, -0.15) is 13.2 Å². The molecule has 1 amide bonds. The Bertz CT molecular complexity index is 2230. The van der Waals surface area contributed by atoms with Gasteiger partial charge in [0, 0.05) is 31.2 Å². The summed E-state index contributed by atoms with van der Waals surface area (Å²) in [6, 6.07) is 19.9. The molecular weight excluding hydrogens is 895 g/mol. The van der Waals surface area contributed by atoms with E-state index in [4.69, 9.17) is 5.73 Å². The van der Waals surface area contributed by atoms with Gasteiger partial charge in [-0.1, -0.05) is 56.1 Å². The molecule has 3 N–H and O–H groups in total. The zero-order chi connectivity index (χ0) is 40.6. The van der Waals surface area contributed by atoms with Crippen LogP contribution in [0.15, 0.2) is 93.9 Å². The lowest BCUT2D eigenvalue weighted by molar-refractivity contribution is -0.173. The molecule has 0 aliphatic carbocycles. The van der Waals surface area contributed by atoms with Gasteiger partial charge in [0.25, 0.3) is 0 Å². The second kappa shape index (κ2) is 18.4. The second-order valence-electron chi connectivity index (χ2n) is 11.3. The van der Waals surface area contributed by atoms with Gasteiger partial charge in [-0.05, 0) is 60.7 Å². The van der Waals surface area contributed by atoms with Crippen LogP contribution < -0.4 is 19.7 Å².